The Hall–Kier alpha value is -4.01. The zero-order chi connectivity index (χ0) is 21.7. The minimum atomic E-state index is -0.667. The summed E-state index contributed by atoms with van der Waals surface area (Å²) in [5.41, 5.74) is 6.74. The van der Waals surface area contributed by atoms with Crippen molar-refractivity contribution < 1.29 is 14.5 Å². The second-order valence-electron chi connectivity index (χ2n) is 6.85. The number of aryl methyl sites for hydroxylation is 1. The number of anilines is 1. The Labute approximate surface area is 173 Å². The molecule has 0 bridgehead atoms. The van der Waals surface area contributed by atoms with E-state index in [1.807, 2.05) is 18.2 Å². The summed E-state index contributed by atoms with van der Waals surface area (Å²) in [7, 11) is 0. The number of nitrogens with zero attached hydrogens (tertiary/aromatic N) is 3. The molecule has 0 aliphatic heterocycles. The Morgan fingerprint density at radius 1 is 1.10 bits per heavy atom. The summed E-state index contributed by atoms with van der Waals surface area (Å²) in [4.78, 5) is 31.1. The van der Waals surface area contributed by atoms with Gasteiger partial charge in [-0.25, -0.2) is 4.98 Å². The first-order chi connectivity index (χ1) is 14.4. The lowest BCUT2D eigenvalue weighted by Crippen LogP contribution is -2.30. The van der Waals surface area contributed by atoms with Crippen LogP contribution >= 0.6 is 0 Å². The van der Waals surface area contributed by atoms with E-state index in [1.165, 1.54) is 0 Å². The predicted molar refractivity (Wildman–Crippen MR) is 112 cm³/mol. The van der Waals surface area contributed by atoms with Gasteiger partial charge in [0.05, 0.1) is 4.92 Å². The van der Waals surface area contributed by atoms with Crippen LogP contribution in [0.25, 0.3) is 0 Å². The predicted octanol–water partition coefficient (Wildman–Crippen LogP) is 4.37. The highest BCUT2D eigenvalue weighted by Gasteiger charge is 2.25. The lowest BCUT2D eigenvalue weighted by Gasteiger charge is -2.11. The Bertz CT molecular complexity index is 1070. The zero-order valence-corrected chi connectivity index (χ0v) is 16.7. The Morgan fingerprint density at radius 2 is 1.80 bits per heavy atom. The topological polar surface area (TPSA) is 119 Å². The quantitative estimate of drug-likeness (QED) is 0.441. The molecular formula is C21H21N5O4. The summed E-state index contributed by atoms with van der Waals surface area (Å²) in [6.45, 7) is 5.92. The minimum absolute atomic E-state index is 0.189. The molecule has 2 aromatic carbocycles. The molecular weight excluding hydrogens is 386 g/mol. The number of hydrogen-bond donors (Lipinski definition) is 2. The largest absolute Gasteiger partial charge is 0.434 e. The van der Waals surface area contributed by atoms with Crippen molar-refractivity contribution in [3.8, 4) is 11.6 Å². The fourth-order valence-electron chi connectivity index (χ4n) is 2.74. The average molecular weight is 407 g/mol. The molecule has 0 aliphatic carbocycles. The van der Waals surface area contributed by atoms with Crippen LogP contribution in [0, 0.1) is 17.0 Å². The van der Waals surface area contributed by atoms with Gasteiger partial charge >= 0.3 is 11.6 Å². The van der Waals surface area contributed by atoms with Crippen LogP contribution in [-0.4, -0.2) is 20.8 Å². The van der Waals surface area contributed by atoms with Gasteiger partial charge in [-0.05, 0) is 42.2 Å². The van der Waals surface area contributed by atoms with Gasteiger partial charge in [0.1, 0.15) is 12.1 Å². The maximum atomic E-state index is 12.4. The van der Waals surface area contributed by atoms with E-state index in [-0.39, 0.29) is 11.7 Å². The van der Waals surface area contributed by atoms with Crippen LogP contribution in [0.1, 0.15) is 41.3 Å². The summed E-state index contributed by atoms with van der Waals surface area (Å²) in [6.07, 6.45) is 1.12. The number of carbonyl (C=O) groups excluding carboxylic acids is 1. The molecule has 0 radical (unpaired) electrons. The van der Waals surface area contributed by atoms with E-state index in [0.29, 0.717) is 17.2 Å². The first-order valence-corrected chi connectivity index (χ1v) is 9.26. The van der Waals surface area contributed by atoms with Crippen molar-refractivity contribution in [3.05, 3.63) is 81.7 Å². The first kappa shape index (κ1) is 20.7. The normalized spacial score (nSPS) is 10.5. The number of ether oxygens (including phenoxy) is 1. The van der Waals surface area contributed by atoms with Crippen molar-refractivity contribution in [2.75, 3.05) is 5.43 Å². The van der Waals surface area contributed by atoms with Crippen molar-refractivity contribution in [3.63, 3.8) is 0 Å². The first-order valence-electron chi connectivity index (χ1n) is 9.26. The molecule has 0 spiro atoms. The highest BCUT2D eigenvalue weighted by molar-refractivity contribution is 5.96. The van der Waals surface area contributed by atoms with Gasteiger partial charge in [0.2, 0.25) is 5.82 Å². The van der Waals surface area contributed by atoms with Crippen molar-refractivity contribution in [1.29, 1.82) is 0 Å². The van der Waals surface area contributed by atoms with Gasteiger partial charge in [-0.1, -0.05) is 44.2 Å². The zero-order valence-electron chi connectivity index (χ0n) is 16.7. The number of hydrazine groups is 1. The number of amides is 1. The Balaban J connectivity index is 1.81. The van der Waals surface area contributed by atoms with Gasteiger partial charge < -0.3 is 4.74 Å². The number of nitrogens with one attached hydrogen (secondary N) is 2. The van der Waals surface area contributed by atoms with Crippen molar-refractivity contribution in [2.45, 2.75) is 26.7 Å². The molecule has 0 saturated carbocycles. The van der Waals surface area contributed by atoms with Crippen LogP contribution < -0.4 is 15.6 Å². The maximum Gasteiger partial charge on any atom is 0.374 e. The third kappa shape index (κ3) is 4.69. The molecule has 0 aliphatic rings. The van der Waals surface area contributed by atoms with Crippen molar-refractivity contribution in [1.82, 2.24) is 15.4 Å². The molecule has 1 heterocycles. The number of carbonyl (C=O) groups is 1. The molecule has 3 aromatic rings. The Kier molecular flexibility index (Phi) is 6.21. The summed E-state index contributed by atoms with van der Waals surface area (Å²) in [5, 5.41) is 11.6. The van der Waals surface area contributed by atoms with Gasteiger partial charge in [-0.3, -0.25) is 25.8 Å². The fraction of sp³-hybridized carbons (Fsp3) is 0.190. The van der Waals surface area contributed by atoms with Crippen molar-refractivity contribution >= 4 is 17.4 Å². The molecule has 9 nitrogen and oxygen atoms in total. The van der Waals surface area contributed by atoms with E-state index in [9.17, 15) is 14.9 Å². The fourth-order valence-corrected chi connectivity index (χ4v) is 2.74. The Morgan fingerprint density at radius 3 is 2.43 bits per heavy atom. The lowest BCUT2D eigenvalue weighted by molar-refractivity contribution is -0.385. The second kappa shape index (κ2) is 8.99. The summed E-state index contributed by atoms with van der Waals surface area (Å²) >= 11 is 0. The van der Waals surface area contributed by atoms with Gasteiger partial charge in [0.25, 0.3) is 5.91 Å². The summed E-state index contributed by atoms with van der Waals surface area (Å²) in [6, 6.07) is 14.2. The summed E-state index contributed by atoms with van der Waals surface area (Å²) in [5.74, 6) is -0.130. The van der Waals surface area contributed by atoms with Crippen LogP contribution in [0.5, 0.6) is 11.6 Å². The molecule has 154 valence electrons. The third-order valence-corrected chi connectivity index (χ3v) is 4.42. The van der Waals surface area contributed by atoms with Crippen LogP contribution in [0.2, 0.25) is 0 Å². The van der Waals surface area contributed by atoms with E-state index < -0.39 is 16.5 Å². The van der Waals surface area contributed by atoms with E-state index in [1.54, 1.807) is 37.3 Å². The molecule has 9 heteroatoms. The van der Waals surface area contributed by atoms with Gasteiger partial charge in [0.15, 0.2) is 0 Å². The van der Waals surface area contributed by atoms with E-state index in [4.69, 9.17) is 4.74 Å². The van der Waals surface area contributed by atoms with Gasteiger partial charge in [-0.15, -0.1) is 0 Å². The molecule has 1 aromatic heterocycles. The third-order valence-electron chi connectivity index (χ3n) is 4.42. The number of rotatable bonds is 7. The minimum Gasteiger partial charge on any atom is -0.434 e. The van der Waals surface area contributed by atoms with Crippen LogP contribution in [-0.2, 0) is 0 Å². The van der Waals surface area contributed by atoms with E-state index in [2.05, 4.69) is 34.7 Å². The second-order valence-corrected chi connectivity index (χ2v) is 6.85. The van der Waals surface area contributed by atoms with Gasteiger partial charge in [-0.2, -0.15) is 4.98 Å². The smallest absolute Gasteiger partial charge is 0.374 e. The lowest BCUT2D eigenvalue weighted by atomic mass is 10.0. The van der Waals surface area contributed by atoms with E-state index >= 15 is 0 Å². The van der Waals surface area contributed by atoms with Gasteiger partial charge in [0, 0.05) is 5.56 Å². The molecule has 1 amide bonds. The summed E-state index contributed by atoms with van der Waals surface area (Å²) < 4.78 is 5.61. The number of nitro groups is 1. The molecule has 0 unspecified atom stereocenters. The molecule has 0 saturated heterocycles. The maximum absolute atomic E-state index is 12.4. The number of hydrogen-bond acceptors (Lipinski definition) is 7. The van der Waals surface area contributed by atoms with Crippen molar-refractivity contribution in [2.24, 2.45) is 0 Å². The standard InChI is InChI=1S/C21H21N5O4/c1-13(2)15-8-10-16(11-9-15)30-21-18(26(28)29)19(22-12-23-21)24-25-20(27)17-7-5-4-6-14(17)3/h4-13H,1-3H3,(H,25,27)(H,22,23,24). The SMILES string of the molecule is Cc1ccccc1C(=O)NNc1ncnc(Oc2ccc(C(C)C)cc2)c1[N+](=O)[O-]. The molecule has 0 fully saturated rings. The molecule has 2 N–H and O–H groups in total. The highest BCUT2D eigenvalue weighted by Crippen LogP contribution is 2.34. The average Bonchev–Trinajstić information content (AvgIpc) is 2.72. The molecule has 3 rings (SSSR count). The molecule has 0 atom stereocenters. The number of aromatic nitrogens is 2. The van der Waals surface area contributed by atoms with Crippen LogP contribution in [0.3, 0.4) is 0 Å². The monoisotopic (exact) mass is 407 g/mol. The van der Waals surface area contributed by atoms with Crippen LogP contribution in [0.15, 0.2) is 54.9 Å². The highest BCUT2D eigenvalue weighted by atomic mass is 16.6. The molecule has 30 heavy (non-hydrogen) atoms. The van der Waals surface area contributed by atoms with Crippen LogP contribution in [0.4, 0.5) is 11.5 Å². The van der Waals surface area contributed by atoms with E-state index in [0.717, 1.165) is 17.5 Å². The number of benzene rings is 2.